The molecule has 0 saturated carbocycles. The third kappa shape index (κ3) is 3.51. The third-order valence-electron chi connectivity index (χ3n) is 4.80. The third-order valence-corrected chi connectivity index (χ3v) is 4.80. The van der Waals surface area contributed by atoms with Crippen LogP contribution in [0.15, 0.2) is 48.5 Å². The van der Waals surface area contributed by atoms with Crippen LogP contribution in [0.5, 0.6) is 0 Å². The van der Waals surface area contributed by atoms with Crippen molar-refractivity contribution in [3.8, 4) is 0 Å². The predicted octanol–water partition coefficient (Wildman–Crippen LogP) is 7.73. The Morgan fingerprint density at radius 1 is 0.375 bits per heavy atom. The summed E-state index contributed by atoms with van der Waals surface area (Å²) in [6, 6.07) is 3.75. The zero-order chi connectivity index (χ0) is 25.0. The fourth-order valence-electron chi connectivity index (χ4n) is 2.68. The average molecular weight is 482 g/mol. The van der Waals surface area contributed by atoms with Gasteiger partial charge in [-0.1, -0.05) is 59.7 Å². The van der Waals surface area contributed by atoms with Crippen LogP contribution in [-0.2, 0) is 11.8 Å². The minimum atomic E-state index is -7.61. The lowest BCUT2D eigenvalue weighted by molar-refractivity contribution is -0.429. The molecule has 0 atom stereocenters. The molecular weight excluding hydrogens is 468 g/mol. The summed E-state index contributed by atoms with van der Waals surface area (Å²) in [6.45, 7) is 2.58. The summed E-state index contributed by atoms with van der Waals surface area (Å²) < 4.78 is 169. The standard InChI is InChI=1S/C20H14F12/c1-11-3-7-13(8-4-11)15(21,22)17(25,26)19(29,30)20(31,32)18(27,28)16(23,24)14-9-5-12(2)6-10-14/h3-10H,1-2H3. The molecule has 0 unspecified atom stereocenters. The summed E-state index contributed by atoms with van der Waals surface area (Å²) in [5.41, 5.74) is -3.43. The molecule has 0 fully saturated rings. The Morgan fingerprint density at radius 2 is 0.594 bits per heavy atom. The van der Waals surface area contributed by atoms with Crippen LogP contribution >= 0.6 is 0 Å². The van der Waals surface area contributed by atoms with Crippen molar-refractivity contribution in [2.45, 2.75) is 49.4 Å². The summed E-state index contributed by atoms with van der Waals surface area (Å²) in [7, 11) is 0. The first-order chi connectivity index (χ1) is 14.2. The van der Waals surface area contributed by atoms with Crippen LogP contribution in [-0.4, -0.2) is 23.7 Å². The lowest BCUT2D eigenvalue weighted by Gasteiger charge is -2.41. The van der Waals surface area contributed by atoms with Crippen molar-refractivity contribution in [3.05, 3.63) is 70.8 Å². The predicted molar refractivity (Wildman–Crippen MR) is 89.9 cm³/mol. The number of benzene rings is 2. The molecule has 0 saturated heterocycles. The Hall–Kier alpha value is -2.40. The van der Waals surface area contributed by atoms with Crippen molar-refractivity contribution in [3.63, 3.8) is 0 Å². The molecule has 32 heavy (non-hydrogen) atoms. The van der Waals surface area contributed by atoms with E-state index in [0.717, 1.165) is 24.3 Å². The fraction of sp³-hybridized carbons (Fsp3) is 0.400. The highest BCUT2D eigenvalue weighted by atomic mass is 19.4. The maximum absolute atomic E-state index is 14.1. The Bertz CT molecular complexity index is 864. The normalized spacial score (nSPS) is 14.6. The molecule has 0 aliphatic rings. The minimum Gasteiger partial charge on any atom is -0.194 e. The highest BCUT2D eigenvalue weighted by molar-refractivity contribution is 5.31. The minimum absolute atomic E-state index is 0.189. The molecule has 0 aromatic heterocycles. The van der Waals surface area contributed by atoms with Gasteiger partial charge in [0, 0.05) is 11.1 Å². The van der Waals surface area contributed by atoms with Crippen LogP contribution in [0.2, 0.25) is 0 Å². The molecule has 0 bridgehead atoms. The molecule has 0 aliphatic carbocycles. The first-order valence-corrected chi connectivity index (χ1v) is 8.66. The van der Waals surface area contributed by atoms with E-state index in [1.165, 1.54) is 13.8 Å². The Kier molecular flexibility index (Phi) is 6.13. The van der Waals surface area contributed by atoms with Gasteiger partial charge in [0.2, 0.25) is 0 Å². The molecular formula is C20H14F12. The van der Waals surface area contributed by atoms with E-state index >= 15 is 0 Å². The largest absolute Gasteiger partial charge is 0.385 e. The molecule has 0 spiro atoms. The van der Waals surface area contributed by atoms with Crippen LogP contribution in [0.25, 0.3) is 0 Å². The van der Waals surface area contributed by atoms with Gasteiger partial charge in [-0.3, -0.25) is 0 Å². The molecule has 2 aromatic carbocycles. The Labute approximate surface area is 173 Å². The molecule has 0 N–H and O–H groups in total. The van der Waals surface area contributed by atoms with Crippen LogP contribution in [0, 0.1) is 13.8 Å². The van der Waals surface area contributed by atoms with Gasteiger partial charge >= 0.3 is 35.5 Å². The maximum atomic E-state index is 14.1. The van der Waals surface area contributed by atoms with Crippen molar-refractivity contribution in [2.75, 3.05) is 0 Å². The highest BCUT2D eigenvalue weighted by Crippen LogP contribution is 2.63. The van der Waals surface area contributed by atoms with Crippen molar-refractivity contribution < 1.29 is 52.7 Å². The number of alkyl halides is 12. The number of halogens is 12. The second-order valence-corrected chi connectivity index (χ2v) is 7.18. The van der Waals surface area contributed by atoms with E-state index in [1.807, 2.05) is 0 Å². The van der Waals surface area contributed by atoms with Gasteiger partial charge in [-0.25, -0.2) is 0 Å². The summed E-state index contributed by atoms with van der Waals surface area (Å²) in [4.78, 5) is 0. The van der Waals surface area contributed by atoms with Gasteiger partial charge in [0.15, 0.2) is 0 Å². The second-order valence-electron chi connectivity index (χ2n) is 7.18. The van der Waals surface area contributed by atoms with Crippen LogP contribution in [0.3, 0.4) is 0 Å². The number of aryl methyl sites for hydroxylation is 2. The van der Waals surface area contributed by atoms with E-state index in [-0.39, 0.29) is 35.4 Å². The number of hydrogen-bond donors (Lipinski definition) is 0. The lowest BCUT2D eigenvalue weighted by atomic mass is 9.87. The van der Waals surface area contributed by atoms with E-state index < -0.39 is 46.7 Å². The molecule has 0 heterocycles. The molecule has 0 amide bonds. The van der Waals surface area contributed by atoms with Gasteiger partial charge in [0.25, 0.3) is 0 Å². The van der Waals surface area contributed by atoms with Crippen LogP contribution in [0.1, 0.15) is 22.3 Å². The second kappa shape index (κ2) is 7.58. The molecule has 178 valence electrons. The van der Waals surface area contributed by atoms with Gasteiger partial charge in [0.1, 0.15) is 0 Å². The summed E-state index contributed by atoms with van der Waals surface area (Å²) in [5, 5.41) is 0. The Balaban J connectivity index is 2.60. The molecule has 2 rings (SSSR count). The zero-order valence-corrected chi connectivity index (χ0v) is 16.2. The van der Waals surface area contributed by atoms with Gasteiger partial charge in [-0.2, -0.15) is 52.7 Å². The number of rotatable bonds is 7. The summed E-state index contributed by atoms with van der Waals surface area (Å²) in [5.74, 6) is -41.8. The SMILES string of the molecule is Cc1ccc(C(F)(F)C(F)(F)C(F)(F)C(F)(F)C(F)(F)C(F)(F)c2ccc(C)cc2)cc1. The van der Waals surface area contributed by atoms with Crippen molar-refractivity contribution in [1.82, 2.24) is 0 Å². The van der Waals surface area contributed by atoms with E-state index in [2.05, 4.69) is 0 Å². The zero-order valence-electron chi connectivity index (χ0n) is 16.2. The van der Waals surface area contributed by atoms with Gasteiger partial charge in [-0.15, -0.1) is 0 Å². The first kappa shape index (κ1) is 25.9. The summed E-state index contributed by atoms with van der Waals surface area (Å²) >= 11 is 0. The smallest absolute Gasteiger partial charge is 0.194 e. The topological polar surface area (TPSA) is 0 Å². The number of hydrogen-bond acceptors (Lipinski definition) is 0. The monoisotopic (exact) mass is 482 g/mol. The highest BCUT2D eigenvalue weighted by Gasteiger charge is 2.90. The molecule has 0 aliphatic heterocycles. The van der Waals surface area contributed by atoms with Gasteiger partial charge < -0.3 is 0 Å². The first-order valence-electron chi connectivity index (χ1n) is 8.66. The van der Waals surface area contributed by atoms with Crippen molar-refractivity contribution >= 4 is 0 Å². The van der Waals surface area contributed by atoms with Crippen LogP contribution < -0.4 is 0 Å². The van der Waals surface area contributed by atoms with E-state index in [0.29, 0.717) is 0 Å². The molecule has 0 radical (unpaired) electrons. The summed E-state index contributed by atoms with van der Waals surface area (Å²) in [6.07, 6.45) is 0. The molecule has 2 aromatic rings. The quantitative estimate of drug-likeness (QED) is 0.355. The van der Waals surface area contributed by atoms with Crippen molar-refractivity contribution in [1.29, 1.82) is 0 Å². The lowest BCUT2D eigenvalue weighted by Crippen LogP contribution is -2.69. The van der Waals surface area contributed by atoms with E-state index in [1.54, 1.807) is 0 Å². The van der Waals surface area contributed by atoms with Crippen molar-refractivity contribution in [2.24, 2.45) is 0 Å². The fourth-order valence-corrected chi connectivity index (χ4v) is 2.68. The Morgan fingerprint density at radius 3 is 0.812 bits per heavy atom. The van der Waals surface area contributed by atoms with Gasteiger partial charge in [0.05, 0.1) is 0 Å². The molecule has 12 heteroatoms. The van der Waals surface area contributed by atoms with E-state index in [4.69, 9.17) is 0 Å². The van der Waals surface area contributed by atoms with E-state index in [9.17, 15) is 52.7 Å². The average Bonchev–Trinajstić information content (AvgIpc) is 2.67. The van der Waals surface area contributed by atoms with Gasteiger partial charge in [-0.05, 0) is 13.8 Å². The maximum Gasteiger partial charge on any atom is 0.385 e. The van der Waals surface area contributed by atoms with Crippen LogP contribution in [0.4, 0.5) is 52.7 Å². The molecule has 0 nitrogen and oxygen atoms in total.